The second kappa shape index (κ2) is 9.34. The van der Waals surface area contributed by atoms with Gasteiger partial charge in [0.1, 0.15) is 12.2 Å². The third-order valence-corrected chi connectivity index (χ3v) is 4.65. The normalized spacial score (nSPS) is 11.5. The number of aromatic nitrogens is 2. The van der Waals surface area contributed by atoms with Crippen LogP contribution in [0.1, 0.15) is 46.9 Å². The van der Waals surface area contributed by atoms with Crippen LogP contribution < -0.4 is 5.32 Å². The number of hydrogen-bond donors (Lipinski definition) is 1. The first-order valence-electron chi connectivity index (χ1n) is 9.36. The van der Waals surface area contributed by atoms with Crippen LogP contribution in [-0.2, 0) is 17.5 Å². The van der Waals surface area contributed by atoms with Gasteiger partial charge in [-0.15, -0.1) is 0 Å². The standard InChI is InChI=1S/C22H19ClF3N3O2/c1-13(2)15-5-9-17(10-6-15)28-21-27-11-18(19(29-21)22(24,25)26)20(30)31-12-14-3-7-16(23)8-4-14/h3-11,13H,12H2,1-2H3,(H,27,28,29). The summed E-state index contributed by atoms with van der Waals surface area (Å²) in [6, 6.07) is 13.6. The van der Waals surface area contributed by atoms with E-state index in [0.717, 1.165) is 11.8 Å². The van der Waals surface area contributed by atoms with Gasteiger partial charge in [-0.2, -0.15) is 13.2 Å². The molecule has 0 atom stereocenters. The lowest BCUT2D eigenvalue weighted by Gasteiger charge is -2.13. The van der Waals surface area contributed by atoms with Crippen LogP contribution in [0.15, 0.2) is 54.7 Å². The number of nitrogens with one attached hydrogen (secondary N) is 1. The molecule has 0 spiro atoms. The second-order valence-electron chi connectivity index (χ2n) is 7.06. The van der Waals surface area contributed by atoms with E-state index >= 15 is 0 Å². The topological polar surface area (TPSA) is 64.1 Å². The average Bonchev–Trinajstić information content (AvgIpc) is 2.73. The number of benzene rings is 2. The number of carbonyl (C=O) groups is 1. The first kappa shape index (κ1) is 22.6. The van der Waals surface area contributed by atoms with Crippen molar-refractivity contribution in [2.45, 2.75) is 32.5 Å². The molecule has 162 valence electrons. The fourth-order valence-electron chi connectivity index (χ4n) is 2.70. The van der Waals surface area contributed by atoms with Crippen LogP contribution in [0.5, 0.6) is 0 Å². The fraction of sp³-hybridized carbons (Fsp3) is 0.227. The maximum absolute atomic E-state index is 13.5. The van der Waals surface area contributed by atoms with Crippen LogP contribution in [0.2, 0.25) is 5.02 Å². The number of halogens is 4. The van der Waals surface area contributed by atoms with Gasteiger partial charge >= 0.3 is 12.1 Å². The van der Waals surface area contributed by atoms with E-state index in [0.29, 0.717) is 22.2 Å². The number of hydrogen-bond acceptors (Lipinski definition) is 5. The molecule has 1 heterocycles. The molecule has 1 N–H and O–H groups in total. The highest BCUT2D eigenvalue weighted by Crippen LogP contribution is 2.32. The van der Waals surface area contributed by atoms with E-state index in [1.165, 1.54) is 0 Å². The molecule has 0 saturated carbocycles. The Balaban J connectivity index is 1.79. The van der Waals surface area contributed by atoms with Gasteiger partial charge in [-0.05, 0) is 41.3 Å². The monoisotopic (exact) mass is 449 g/mol. The van der Waals surface area contributed by atoms with E-state index in [1.54, 1.807) is 36.4 Å². The van der Waals surface area contributed by atoms with E-state index in [1.807, 2.05) is 26.0 Å². The molecule has 0 aliphatic heterocycles. The van der Waals surface area contributed by atoms with Gasteiger partial charge in [0.25, 0.3) is 0 Å². The summed E-state index contributed by atoms with van der Waals surface area (Å²) in [6.07, 6.45) is -4.06. The molecular weight excluding hydrogens is 431 g/mol. The minimum Gasteiger partial charge on any atom is -0.457 e. The van der Waals surface area contributed by atoms with Crippen molar-refractivity contribution in [1.82, 2.24) is 9.97 Å². The number of esters is 1. The van der Waals surface area contributed by atoms with E-state index in [2.05, 4.69) is 15.3 Å². The van der Waals surface area contributed by atoms with Crippen molar-refractivity contribution < 1.29 is 22.7 Å². The Morgan fingerprint density at radius 3 is 2.32 bits per heavy atom. The Kier molecular flexibility index (Phi) is 6.80. The zero-order valence-corrected chi connectivity index (χ0v) is 17.5. The molecule has 0 saturated heterocycles. The van der Waals surface area contributed by atoms with Crippen molar-refractivity contribution in [3.8, 4) is 0 Å². The molecule has 0 unspecified atom stereocenters. The number of ether oxygens (including phenoxy) is 1. The fourth-order valence-corrected chi connectivity index (χ4v) is 2.82. The molecule has 9 heteroatoms. The number of rotatable bonds is 6. The molecule has 31 heavy (non-hydrogen) atoms. The van der Waals surface area contributed by atoms with Gasteiger partial charge in [0.05, 0.1) is 0 Å². The highest BCUT2D eigenvalue weighted by Gasteiger charge is 2.38. The molecule has 3 rings (SSSR count). The van der Waals surface area contributed by atoms with Crippen LogP contribution in [0.3, 0.4) is 0 Å². The Bertz CT molecular complexity index is 1050. The van der Waals surface area contributed by atoms with Gasteiger partial charge < -0.3 is 10.1 Å². The molecule has 1 aromatic heterocycles. The number of anilines is 2. The summed E-state index contributed by atoms with van der Waals surface area (Å²) in [7, 11) is 0. The van der Waals surface area contributed by atoms with Gasteiger partial charge in [-0.1, -0.05) is 49.7 Å². The predicted molar refractivity (Wildman–Crippen MR) is 111 cm³/mol. The zero-order chi connectivity index (χ0) is 22.6. The maximum atomic E-state index is 13.5. The number of alkyl halides is 3. The summed E-state index contributed by atoms with van der Waals surface area (Å²) in [5.74, 6) is -1.13. The van der Waals surface area contributed by atoms with Crippen LogP contribution in [0.25, 0.3) is 0 Å². The highest BCUT2D eigenvalue weighted by molar-refractivity contribution is 6.30. The Morgan fingerprint density at radius 2 is 1.74 bits per heavy atom. The molecule has 0 bridgehead atoms. The molecule has 0 aliphatic rings. The molecule has 5 nitrogen and oxygen atoms in total. The minimum atomic E-state index is -4.87. The van der Waals surface area contributed by atoms with Crippen molar-refractivity contribution >= 4 is 29.2 Å². The van der Waals surface area contributed by atoms with Crippen molar-refractivity contribution in [1.29, 1.82) is 0 Å². The third kappa shape index (κ3) is 5.95. The molecule has 0 amide bonds. The first-order valence-corrected chi connectivity index (χ1v) is 9.74. The van der Waals surface area contributed by atoms with E-state index in [-0.39, 0.29) is 12.6 Å². The SMILES string of the molecule is CC(C)c1ccc(Nc2ncc(C(=O)OCc3ccc(Cl)cc3)c(C(F)(F)F)n2)cc1. The summed E-state index contributed by atoms with van der Waals surface area (Å²) in [5, 5.41) is 3.22. The highest BCUT2D eigenvalue weighted by atomic mass is 35.5. The maximum Gasteiger partial charge on any atom is 0.434 e. The molecule has 3 aromatic rings. The van der Waals surface area contributed by atoms with E-state index in [4.69, 9.17) is 16.3 Å². The van der Waals surface area contributed by atoms with Gasteiger partial charge in [0, 0.05) is 16.9 Å². The lowest BCUT2D eigenvalue weighted by atomic mass is 10.0. The van der Waals surface area contributed by atoms with E-state index in [9.17, 15) is 18.0 Å². The van der Waals surface area contributed by atoms with Gasteiger partial charge in [0.15, 0.2) is 5.69 Å². The number of carbonyl (C=O) groups excluding carboxylic acids is 1. The minimum absolute atomic E-state index is 0.213. The van der Waals surface area contributed by atoms with Gasteiger partial charge in [-0.25, -0.2) is 14.8 Å². The van der Waals surface area contributed by atoms with Crippen molar-refractivity contribution in [2.75, 3.05) is 5.32 Å². The Hall–Kier alpha value is -3.13. The molecule has 2 aromatic carbocycles. The van der Waals surface area contributed by atoms with Crippen molar-refractivity contribution in [3.63, 3.8) is 0 Å². The van der Waals surface area contributed by atoms with Crippen molar-refractivity contribution in [3.05, 3.63) is 82.1 Å². The Morgan fingerprint density at radius 1 is 1.10 bits per heavy atom. The molecular formula is C22H19ClF3N3O2. The smallest absolute Gasteiger partial charge is 0.434 e. The summed E-state index contributed by atoms with van der Waals surface area (Å²) >= 11 is 5.78. The lowest BCUT2D eigenvalue weighted by molar-refractivity contribution is -0.141. The predicted octanol–water partition coefficient (Wildman–Crippen LogP) is 6.37. The summed E-state index contributed by atoms with van der Waals surface area (Å²) in [6.45, 7) is 3.85. The van der Waals surface area contributed by atoms with Gasteiger partial charge in [-0.3, -0.25) is 0 Å². The van der Waals surface area contributed by atoms with Crippen molar-refractivity contribution in [2.24, 2.45) is 0 Å². The quantitative estimate of drug-likeness (QED) is 0.443. The van der Waals surface area contributed by atoms with E-state index < -0.39 is 23.4 Å². The Labute approximate surface area is 182 Å². The lowest BCUT2D eigenvalue weighted by Crippen LogP contribution is -2.19. The van der Waals surface area contributed by atoms with Crippen LogP contribution in [-0.4, -0.2) is 15.9 Å². The average molecular weight is 450 g/mol. The zero-order valence-electron chi connectivity index (χ0n) is 16.7. The largest absolute Gasteiger partial charge is 0.457 e. The molecule has 0 fully saturated rings. The second-order valence-corrected chi connectivity index (χ2v) is 7.49. The summed E-state index contributed by atoms with van der Waals surface area (Å²) in [4.78, 5) is 19.6. The van der Waals surface area contributed by atoms with Crippen LogP contribution in [0.4, 0.5) is 24.8 Å². The van der Waals surface area contributed by atoms with Gasteiger partial charge in [0.2, 0.25) is 5.95 Å². The van der Waals surface area contributed by atoms with Crippen LogP contribution in [0, 0.1) is 0 Å². The summed E-state index contributed by atoms with van der Waals surface area (Å²) in [5.41, 5.74) is 0.0549. The van der Waals surface area contributed by atoms with Crippen LogP contribution >= 0.6 is 11.6 Å². The molecule has 0 aliphatic carbocycles. The first-order chi connectivity index (χ1) is 14.6. The summed E-state index contributed by atoms with van der Waals surface area (Å²) < 4.78 is 45.6. The number of nitrogens with zero attached hydrogens (tertiary/aromatic N) is 2. The molecule has 0 radical (unpaired) electrons. The third-order valence-electron chi connectivity index (χ3n) is 4.39.